The maximum absolute atomic E-state index is 13.6. The Balaban J connectivity index is 2.61. The summed E-state index contributed by atoms with van der Waals surface area (Å²) in [6, 6.07) is 1.45. The van der Waals surface area contributed by atoms with Crippen molar-refractivity contribution in [3.05, 3.63) is 21.9 Å². The molecule has 14 heavy (non-hydrogen) atoms. The van der Waals surface area contributed by atoms with Crippen molar-refractivity contribution in [2.45, 2.75) is 13.0 Å². The molecule has 0 amide bonds. The van der Waals surface area contributed by atoms with E-state index in [9.17, 15) is 9.50 Å². The monoisotopic (exact) mass is 262 g/mol. The molecule has 1 atom stereocenters. The predicted molar refractivity (Wildman–Crippen MR) is 50.9 cm³/mol. The molecule has 0 aromatic heterocycles. The van der Waals surface area contributed by atoms with E-state index in [1.165, 1.54) is 13.0 Å². The molecule has 1 aliphatic rings. The number of aliphatic hydroxyl groups excluding tert-OH is 1. The molecule has 0 bridgehead atoms. The van der Waals surface area contributed by atoms with E-state index in [0.717, 1.165) is 0 Å². The molecule has 1 unspecified atom stereocenters. The number of rotatable bonds is 1. The Morgan fingerprint density at radius 2 is 2.29 bits per heavy atom. The average Bonchev–Trinajstić information content (AvgIpc) is 2.58. The van der Waals surface area contributed by atoms with Crippen molar-refractivity contribution >= 4 is 15.9 Å². The van der Waals surface area contributed by atoms with Gasteiger partial charge in [0.25, 0.3) is 0 Å². The van der Waals surface area contributed by atoms with Crippen LogP contribution >= 0.6 is 15.9 Å². The van der Waals surface area contributed by atoms with E-state index in [2.05, 4.69) is 15.9 Å². The van der Waals surface area contributed by atoms with Crippen LogP contribution in [0.25, 0.3) is 0 Å². The van der Waals surface area contributed by atoms with Gasteiger partial charge in [0.05, 0.1) is 10.6 Å². The van der Waals surface area contributed by atoms with Gasteiger partial charge in [0.1, 0.15) is 5.82 Å². The molecule has 0 aliphatic carbocycles. The van der Waals surface area contributed by atoms with E-state index in [0.29, 0.717) is 11.5 Å². The molecule has 2 rings (SSSR count). The molecule has 0 radical (unpaired) electrons. The van der Waals surface area contributed by atoms with Crippen molar-refractivity contribution in [2.75, 3.05) is 6.79 Å². The van der Waals surface area contributed by atoms with Gasteiger partial charge < -0.3 is 14.6 Å². The Labute approximate surface area is 88.6 Å². The van der Waals surface area contributed by atoms with Crippen molar-refractivity contribution in [3.8, 4) is 11.5 Å². The topological polar surface area (TPSA) is 38.7 Å². The second-order valence-corrected chi connectivity index (χ2v) is 3.80. The molecule has 0 spiro atoms. The van der Waals surface area contributed by atoms with Gasteiger partial charge in [0.2, 0.25) is 6.79 Å². The van der Waals surface area contributed by atoms with Crippen LogP contribution in [0.5, 0.6) is 11.5 Å². The van der Waals surface area contributed by atoms with Gasteiger partial charge in [-0.15, -0.1) is 0 Å². The number of hydrogen-bond acceptors (Lipinski definition) is 3. The number of ether oxygens (including phenoxy) is 2. The Hall–Kier alpha value is -0.810. The molecule has 1 N–H and O–H groups in total. The maximum Gasteiger partial charge on any atom is 0.231 e. The van der Waals surface area contributed by atoms with E-state index in [1.807, 2.05) is 0 Å². The summed E-state index contributed by atoms with van der Waals surface area (Å²) in [6.07, 6.45) is -0.874. The SMILES string of the molecule is CC(O)c1cc2c(c(Br)c1F)OCO2. The Bertz CT molecular complexity index is 379. The summed E-state index contributed by atoms with van der Waals surface area (Å²) in [4.78, 5) is 0. The summed E-state index contributed by atoms with van der Waals surface area (Å²) in [5, 5.41) is 9.30. The van der Waals surface area contributed by atoms with E-state index in [1.54, 1.807) is 0 Å². The summed E-state index contributed by atoms with van der Waals surface area (Å²) in [7, 11) is 0. The number of fused-ring (bicyclic) bond motifs is 1. The fourth-order valence-electron chi connectivity index (χ4n) is 1.30. The Morgan fingerprint density at radius 3 is 2.93 bits per heavy atom. The second-order valence-electron chi connectivity index (χ2n) is 3.00. The van der Waals surface area contributed by atoms with Crippen LogP contribution in [0.1, 0.15) is 18.6 Å². The molecule has 5 heteroatoms. The van der Waals surface area contributed by atoms with Crippen LogP contribution in [-0.4, -0.2) is 11.9 Å². The minimum atomic E-state index is -0.874. The largest absolute Gasteiger partial charge is 0.454 e. The highest BCUT2D eigenvalue weighted by Crippen LogP contribution is 2.43. The third kappa shape index (κ3) is 1.36. The van der Waals surface area contributed by atoms with Gasteiger partial charge in [-0.25, -0.2) is 4.39 Å². The summed E-state index contributed by atoms with van der Waals surface area (Å²) >= 11 is 3.06. The lowest BCUT2D eigenvalue weighted by atomic mass is 10.1. The van der Waals surface area contributed by atoms with Gasteiger partial charge >= 0.3 is 0 Å². The first kappa shape index (κ1) is 9.73. The van der Waals surface area contributed by atoms with E-state index in [4.69, 9.17) is 9.47 Å². The average molecular weight is 263 g/mol. The van der Waals surface area contributed by atoms with Crippen molar-refractivity contribution < 1.29 is 19.0 Å². The number of halogens is 2. The highest BCUT2D eigenvalue weighted by atomic mass is 79.9. The summed E-state index contributed by atoms with van der Waals surface area (Å²) in [6.45, 7) is 1.57. The fraction of sp³-hybridized carbons (Fsp3) is 0.333. The lowest BCUT2D eigenvalue weighted by molar-refractivity contribution is 0.173. The fourth-order valence-corrected chi connectivity index (χ4v) is 1.84. The molecule has 1 aromatic rings. The molecule has 1 aromatic carbocycles. The molecule has 0 fully saturated rings. The van der Waals surface area contributed by atoms with Gasteiger partial charge in [-0.2, -0.15) is 0 Å². The van der Waals surface area contributed by atoms with Gasteiger partial charge in [0.15, 0.2) is 11.5 Å². The smallest absolute Gasteiger partial charge is 0.231 e. The van der Waals surface area contributed by atoms with Gasteiger partial charge in [-0.1, -0.05) is 0 Å². The first-order valence-corrected chi connectivity index (χ1v) is 4.86. The van der Waals surface area contributed by atoms with Crippen LogP contribution in [0.2, 0.25) is 0 Å². The molecule has 1 aliphatic heterocycles. The first-order chi connectivity index (χ1) is 6.61. The van der Waals surface area contributed by atoms with Crippen molar-refractivity contribution in [2.24, 2.45) is 0 Å². The molecule has 0 saturated carbocycles. The molecular weight excluding hydrogens is 255 g/mol. The zero-order valence-electron chi connectivity index (χ0n) is 7.38. The number of hydrogen-bond donors (Lipinski definition) is 1. The second kappa shape index (κ2) is 3.40. The molecule has 76 valence electrons. The summed E-state index contributed by atoms with van der Waals surface area (Å²) in [5.74, 6) is 0.297. The van der Waals surface area contributed by atoms with Crippen LogP contribution in [-0.2, 0) is 0 Å². The van der Waals surface area contributed by atoms with E-state index >= 15 is 0 Å². The van der Waals surface area contributed by atoms with Crippen LogP contribution < -0.4 is 9.47 Å². The summed E-state index contributed by atoms with van der Waals surface area (Å²) in [5.41, 5.74) is 0.195. The maximum atomic E-state index is 13.6. The molecule has 0 saturated heterocycles. The van der Waals surface area contributed by atoms with E-state index in [-0.39, 0.29) is 16.8 Å². The van der Waals surface area contributed by atoms with Crippen molar-refractivity contribution in [1.29, 1.82) is 0 Å². The number of benzene rings is 1. The number of aliphatic hydroxyl groups is 1. The van der Waals surface area contributed by atoms with Crippen molar-refractivity contribution in [3.63, 3.8) is 0 Å². The van der Waals surface area contributed by atoms with Gasteiger partial charge in [-0.05, 0) is 28.9 Å². The van der Waals surface area contributed by atoms with Crippen LogP contribution in [0.15, 0.2) is 10.5 Å². The quantitative estimate of drug-likeness (QED) is 0.845. The Morgan fingerprint density at radius 1 is 1.57 bits per heavy atom. The first-order valence-electron chi connectivity index (χ1n) is 4.07. The zero-order valence-corrected chi connectivity index (χ0v) is 8.97. The van der Waals surface area contributed by atoms with Crippen LogP contribution in [0.4, 0.5) is 4.39 Å². The lowest BCUT2D eigenvalue weighted by Crippen LogP contribution is -1.97. The minimum Gasteiger partial charge on any atom is -0.454 e. The minimum absolute atomic E-state index is 0.0800. The highest BCUT2D eigenvalue weighted by Gasteiger charge is 2.24. The molecule has 1 heterocycles. The van der Waals surface area contributed by atoms with Crippen LogP contribution in [0.3, 0.4) is 0 Å². The summed E-state index contributed by atoms with van der Waals surface area (Å²) < 4.78 is 23.9. The third-order valence-electron chi connectivity index (χ3n) is 2.02. The molecule has 3 nitrogen and oxygen atoms in total. The van der Waals surface area contributed by atoms with Crippen molar-refractivity contribution in [1.82, 2.24) is 0 Å². The van der Waals surface area contributed by atoms with Crippen LogP contribution in [0, 0.1) is 5.82 Å². The van der Waals surface area contributed by atoms with Gasteiger partial charge in [0, 0.05) is 5.56 Å². The van der Waals surface area contributed by atoms with Gasteiger partial charge in [-0.3, -0.25) is 0 Å². The predicted octanol–water partition coefficient (Wildman–Crippen LogP) is 2.37. The normalized spacial score (nSPS) is 15.7. The highest BCUT2D eigenvalue weighted by molar-refractivity contribution is 9.10. The Kier molecular flexibility index (Phi) is 2.36. The standard InChI is InChI=1S/C9H8BrFO3/c1-4(12)5-2-6-9(14-3-13-6)7(10)8(5)11/h2,4,12H,3H2,1H3. The lowest BCUT2D eigenvalue weighted by Gasteiger charge is -2.09. The zero-order chi connectivity index (χ0) is 10.3. The third-order valence-corrected chi connectivity index (χ3v) is 2.73. The molecular formula is C9H8BrFO3. The van der Waals surface area contributed by atoms with E-state index < -0.39 is 11.9 Å².